The van der Waals surface area contributed by atoms with Crippen LogP contribution >= 0.6 is 28.1 Å². The van der Waals surface area contributed by atoms with E-state index in [4.69, 9.17) is 22.7 Å². The molecule has 0 aromatic heterocycles. The second-order valence-electron chi connectivity index (χ2n) is 4.58. The first-order chi connectivity index (χ1) is 10.1. The van der Waals surface area contributed by atoms with Gasteiger partial charge in [-0.2, -0.15) is 0 Å². The van der Waals surface area contributed by atoms with Crippen LogP contribution in [0.15, 0.2) is 46.9 Å². The van der Waals surface area contributed by atoms with Crippen molar-refractivity contribution >= 4 is 44.5 Å². The van der Waals surface area contributed by atoms with Crippen molar-refractivity contribution in [2.45, 2.75) is 6.42 Å². The molecule has 2 rings (SSSR count). The van der Waals surface area contributed by atoms with Crippen LogP contribution in [0.1, 0.15) is 11.1 Å². The lowest BCUT2D eigenvalue weighted by atomic mass is 10.1. The summed E-state index contributed by atoms with van der Waals surface area (Å²) in [5, 5.41) is 3.41. The number of rotatable bonds is 6. The van der Waals surface area contributed by atoms with E-state index >= 15 is 0 Å². The molecule has 3 nitrogen and oxygen atoms in total. The monoisotopic (exact) mass is 364 g/mol. The number of hydrogen-bond donors (Lipinski definition) is 2. The molecule has 0 radical (unpaired) electrons. The van der Waals surface area contributed by atoms with Gasteiger partial charge in [0.1, 0.15) is 4.99 Å². The van der Waals surface area contributed by atoms with Gasteiger partial charge >= 0.3 is 0 Å². The molecule has 0 heterocycles. The fraction of sp³-hybridized carbons (Fsp3) is 0.188. The van der Waals surface area contributed by atoms with Crippen LogP contribution < -0.4 is 11.1 Å². The SMILES string of the molecule is COCCc1ccccc1Nc1ccc(Br)cc1C(N)=S. The summed E-state index contributed by atoms with van der Waals surface area (Å²) in [7, 11) is 1.70. The van der Waals surface area contributed by atoms with Crippen LogP contribution in [-0.4, -0.2) is 18.7 Å². The second-order valence-corrected chi connectivity index (χ2v) is 5.93. The van der Waals surface area contributed by atoms with E-state index in [1.807, 2.05) is 36.4 Å². The number of methoxy groups -OCH3 is 1. The molecular weight excluding hydrogens is 348 g/mol. The fourth-order valence-corrected chi connectivity index (χ4v) is 2.58. The highest BCUT2D eigenvalue weighted by atomic mass is 79.9. The molecule has 0 spiro atoms. The van der Waals surface area contributed by atoms with Crippen LogP contribution in [0.4, 0.5) is 11.4 Å². The maximum atomic E-state index is 5.81. The molecule has 0 unspecified atom stereocenters. The van der Waals surface area contributed by atoms with E-state index in [2.05, 4.69) is 27.3 Å². The maximum absolute atomic E-state index is 5.81. The van der Waals surface area contributed by atoms with Crippen LogP contribution in [0.5, 0.6) is 0 Å². The first-order valence-electron chi connectivity index (χ1n) is 6.55. The van der Waals surface area contributed by atoms with E-state index in [9.17, 15) is 0 Å². The van der Waals surface area contributed by atoms with Crippen molar-refractivity contribution in [1.82, 2.24) is 0 Å². The number of para-hydroxylation sites is 1. The average Bonchev–Trinajstić information content (AvgIpc) is 2.48. The first kappa shape index (κ1) is 15.9. The number of hydrogen-bond acceptors (Lipinski definition) is 3. The lowest BCUT2D eigenvalue weighted by molar-refractivity contribution is 0.202. The van der Waals surface area contributed by atoms with Crippen molar-refractivity contribution in [3.63, 3.8) is 0 Å². The van der Waals surface area contributed by atoms with Crippen LogP contribution in [-0.2, 0) is 11.2 Å². The van der Waals surface area contributed by atoms with Gasteiger partial charge < -0.3 is 15.8 Å². The fourth-order valence-electron chi connectivity index (χ4n) is 2.05. The summed E-state index contributed by atoms with van der Waals surface area (Å²) in [6.45, 7) is 0.682. The Hall–Kier alpha value is -1.43. The van der Waals surface area contributed by atoms with Crippen molar-refractivity contribution in [2.75, 3.05) is 19.0 Å². The quantitative estimate of drug-likeness (QED) is 0.760. The average molecular weight is 365 g/mol. The van der Waals surface area contributed by atoms with E-state index < -0.39 is 0 Å². The lowest BCUT2D eigenvalue weighted by Gasteiger charge is -2.15. The minimum absolute atomic E-state index is 0.369. The van der Waals surface area contributed by atoms with Gasteiger partial charge in [0.2, 0.25) is 0 Å². The first-order valence-corrected chi connectivity index (χ1v) is 7.75. The number of nitrogens with one attached hydrogen (secondary N) is 1. The Bertz CT molecular complexity index is 646. The van der Waals surface area contributed by atoms with E-state index in [1.54, 1.807) is 7.11 Å². The van der Waals surface area contributed by atoms with Crippen molar-refractivity contribution in [2.24, 2.45) is 5.73 Å². The highest BCUT2D eigenvalue weighted by molar-refractivity contribution is 9.10. The third-order valence-electron chi connectivity index (χ3n) is 3.11. The summed E-state index contributed by atoms with van der Waals surface area (Å²) < 4.78 is 6.10. The summed E-state index contributed by atoms with van der Waals surface area (Å²) in [5.74, 6) is 0. The molecule has 2 aromatic carbocycles. The van der Waals surface area contributed by atoms with Gasteiger partial charge in [0.15, 0.2) is 0 Å². The maximum Gasteiger partial charge on any atom is 0.106 e. The smallest absolute Gasteiger partial charge is 0.106 e. The molecule has 0 saturated heterocycles. The topological polar surface area (TPSA) is 47.3 Å². The zero-order valence-corrected chi connectivity index (χ0v) is 14.1. The van der Waals surface area contributed by atoms with Crippen molar-refractivity contribution in [3.8, 4) is 0 Å². The van der Waals surface area contributed by atoms with Crippen molar-refractivity contribution in [1.29, 1.82) is 0 Å². The Labute approximate surface area is 138 Å². The molecule has 0 fully saturated rings. The number of halogens is 1. The van der Waals surface area contributed by atoms with Crippen molar-refractivity contribution < 1.29 is 4.74 Å². The summed E-state index contributed by atoms with van der Waals surface area (Å²) in [4.78, 5) is 0.369. The lowest BCUT2D eigenvalue weighted by Crippen LogP contribution is -2.12. The largest absolute Gasteiger partial charge is 0.389 e. The number of ether oxygens (including phenoxy) is 1. The van der Waals surface area contributed by atoms with Crippen LogP contribution in [0.25, 0.3) is 0 Å². The molecule has 0 aliphatic heterocycles. The van der Waals surface area contributed by atoms with Gasteiger partial charge in [0.05, 0.1) is 6.61 Å². The Morgan fingerprint density at radius 3 is 2.71 bits per heavy atom. The standard InChI is InChI=1S/C16H17BrN2OS/c1-20-9-8-11-4-2-3-5-14(11)19-15-7-6-12(17)10-13(15)16(18)21/h2-7,10,19H,8-9H2,1H3,(H2,18,21). The van der Waals surface area contributed by atoms with Gasteiger partial charge in [-0.3, -0.25) is 0 Å². The molecule has 0 amide bonds. The van der Waals surface area contributed by atoms with Gasteiger partial charge in [-0.1, -0.05) is 46.3 Å². The Morgan fingerprint density at radius 1 is 1.24 bits per heavy atom. The van der Waals surface area contributed by atoms with E-state index in [0.717, 1.165) is 27.8 Å². The molecule has 0 atom stereocenters. The Balaban J connectivity index is 2.32. The molecule has 3 N–H and O–H groups in total. The zero-order valence-electron chi connectivity index (χ0n) is 11.7. The Morgan fingerprint density at radius 2 is 2.00 bits per heavy atom. The molecule has 0 aliphatic carbocycles. The molecule has 0 bridgehead atoms. The van der Waals surface area contributed by atoms with Gasteiger partial charge in [-0.05, 0) is 36.2 Å². The van der Waals surface area contributed by atoms with Gasteiger partial charge in [0, 0.05) is 28.5 Å². The van der Waals surface area contributed by atoms with Crippen LogP contribution in [0.2, 0.25) is 0 Å². The van der Waals surface area contributed by atoms with Gasteiger partial charge in [0.25, 0.3) is 0 Å². The number of anilines is 2. The minimum Gasteiger partial charge on any atom is -0.389 e. The van der Waals surface area contributed by atoms with E-state index in [-0.39, 0.29) is 0 Å². The highest BCUT2D eigenvalue weighted by Gasteiger charge is 2.08. The molecule has 5 heteroatoms. The molecule has 21 heavy (non-hydrogen) atoms. The summed E-state index contributed by atoms with van der Waals surface area (Å²) in [6, 6.07) is 14.0. The van der Waals surface area contributed by atoms with Crippen LogP contribution in [0, 0.1) is 0 Å². The number of nitrogens with two attached hydrogens (primary N) is 1. The van der Waals surface area contributed by atoms with Gasteiger partial charge in [-0.25, -0.2) is 0 Å². The summed E-state index contributed by atoms with van der Waals surface area (Å²) in [6.07, 6.45) is 0.846. The highest BCUT2D eigenvalue weighted by Crippen LogP contribution is 2.26. The molecular formula is C16H17BrN2OS. The van der Waals surface area contributed by atoms with Crippen molar-refractivity contribution in [3.05, 3.63) is 58.1 Å². The third kappa shape index (κ3) is 4.27. The summed E-state index contributed by atoms with van der Waals surface area (Å²) >= 11 is 8.56. The van der Waals surface area contributed by atoms with Crippen LogP contribution in [0.3, 0.4) is 0 Å². The predicted octanol–water partition coefficient (Wildman–Crippen LogP) is 4.02. The third-order valence-corrected chi connectivity index (χ3v) is 3.82. The van der Waals surface area contributed by atoms with E-state index in [1.165, 1.54) is 5.56 Å². The molecule has 110 valence electrons. The second kappa shape index (κ2) is 7.54. The molecule has 0 saturated carbocycles. The van der Waals surface area contributed by atoms with Gasteiger partial charge in [-0.15, -0.1) is 0 Å². The Kier molecular flexibility index (Phi) is 5.73. The number of benzene rings is 2. The molecule has 0 aliphatic rings. The van der Waals surface area contributed by atoms with E-state index in [0.29, 0.717) is 11.6 Å². The summed E-state index contributed by atoms with van der Waals surface area (Å²) in [5.41, 5.74) is 9.75. The normalized spacial score (nSPS) is 10.4. The molecule has 2 aromatic rings. The number of thiocarbonyl (C=S) groups is 1. The zero-order chi connectivity index (χ0) is 15.2. The predicted molar refractivity (Wildman–Crippen MR) is 95.3 cm³/mol. The minimum atomic E-state index is 0.369.